The van der Waals surface area contributed by atoms with E-state index < -0.39 is 0 Å². The molecule has 0 radical (unpaired) electrons. The van der Waals surface area contributed by atoms with Crippen LogP contribution in [-0.2, 0) is 4.79 Å². The molecule has 0 aliphatic rings. The summed E-state index contributed by atoms with van der Waals surface area (Å²) in [6, 6.07) is 0. The standard InChI is InChI=1S/C9H19NO/c1-8(9(2,3)10)6-4-5-7-11/h7-8H,4-6,10H2,1-3H3. The van der Waals surface area contributed by atoms with Crippen molar-refractivity contribution in [3.8, 4) is 0 Å². The van der Waals surface area contributed by atoms with Crippen molar-refractivity contribution < 1.29 is 4.79 Å². The van der Waals surface area contributed by atoms with Crippen molar-refractivity contribution in [2.45, 2.75) is 45.6 Å². The molecule has 2 N–H and O–H groups in total. The van der Waals surface area contributed by atoms with Crippen LogP contribution in [0.4, 0.5) is 0 Å². The van der Waals surface area contributed by atoms with Crippen molar-refractivity contribution in [1.82, 2.24) is 0 Å². The molecule has 0 saturated carbocycles. The van der Waals surface area contributed by atoms with E-state index in [0.717, 1.165) is 19.1 Å². The number of unbranched alkanes of at least 4 members (excludes halogenated alkanes) is 1. The minimum Gasteiger partial charge on any atom is -0.325 e. The minimum atomic E-state index is -0.108. The van der Waals surface area contributed by atoms with Crippen molar-refractivity contribution in [3.63, 3.8) is 0 Å². The zero-order valence-corrected chi connectivity index (χ0v) is 7.76. The second-order valence-corrected chi connectivity index (χ2v) is 3.82. The molecule has 2 nitrogen and oxygen atoms in total. The third-order valence-electron chi connectivity index (χ3n) is 2.23. The minimum absolute atomic E-state index is 0.108. The number of aldehydes is 1. The average Bonchev–Trinajstić information content (AvgIpc) is 1.86. The van der Waals surface area contributed by atoms with E-state index in [2.05, 4.69) is 6.92 Å². The monoisotopic (exact) mass is 157 g/mol. The molecular weight excluding hydrogens is 138 g/mol. The van der Waals surface area contributed by atoms with Crippen LogP contribution in [0.3, 0.4) is 0 Å². The first-order valence-corrected chi connectivity index (χ1v) is 4.21. The summed E-state index contributed by atoms with van der Waals surface area (Å²) in [6.45, 7) is 6.18. The SMILES string of the molecule is CC(CCCC=O)C(C)(C)N. The van der Waals surface area contributed by atoms with Gasteiger partial charge in [-0.05, 0) is 32.6 Å². The molecule has 0 aromatic rings. The van der Waals surface area contributed by atoms with Crippen molar-refractivity contribution in [2.24, 2.45) is 11.7 Å². The lowest BCUT2D eigenvalue weighted by Gasteiger charge is -2.26. The summed E-state index contributed by atoms with van der Waals surface area (Å²) in [4.78, 5) is 10.0. The van der Waals surface area contributed by atoms with Crippen molar-refractivity contribution in [3.05, 3.63) is 0 Å². The Morgan fingerprint density at radius 3 is 2.45 bits per heavy atom. The molecule has 0 rings (SSSR count). The maximum absolute atomic E-state index is 10.0. The molecule has 0 fully saturated rings. The molecule has 1 atom stereocenters. The summed E-state index contributed by atoms with van der Waals surface area (Å²) >= 11 is 0. The topological polar surface area (TPSA) is 43.1 Å². The van der Waals surface area contributed by atoms with Gasteiger partial charge in [0.2, 0.25) is 0 Å². The quantitative estimate of drug-likeness (QED) is 0.488. The fourth-order valence-corrected chi connectivity index (χ4v) is 0.879. The maximum atomic E-state index is 10.0. The fraction of sp³-hybridized carbons (Fsp3) is 0.889. The predicted molar refractivity (Wildman–Crippen MR) is 47.3 cm³/mol. The number of hydrogen-bond donors (Lipinski definition) is 1. The van der Waals surface area contributed by atoms with Gasteiger partial charge in [0.1, 0.15) is 6.29 Å². The Bertz CT molecular complexity index is 115. The van der Waals surface area contributed by atoms with Crippen LogP contribution < -0.4 is 5.73 Å². The first kappa shape index (κ1) is 10.6. The van der Waals surface area contributed by atoms with E-state index in [1.54, 1.807) is 0 Å². The molecule has 0 aromatic heterocycles. The van der Waals surface area contributed by atoms with Crippen LogP contribution in [0.1, 0.15) is 40.0 Å². The molecule has 0 aliphatic heterocycles. The maximum Gasteiger partial charge on any atom is 0.119 e. The van der Waals surface area contributed by atoms with E-state index in [1.165, 1.54) is 0 Å². The lowest BCUT2D eigenvalue weighted by molar-refractivity contribution is -0.108. The number of carbonyl (C=O) groups excluding carboxylic acids is 1. The van der Waals surface area contributed by atoms with Gasteiger partial charge in [-0.2, -0.15) is 0 Å². The third kappa shape index (κ3) is 4.96. The average molecular weight is 157 g/mol. The van der Waals surface area contributed by atoms with Gasteiger partial charge in [-0.1, -0.05) is 6.92 Å². The van der Waals surface area contributed by atoms with Gasteiger partial charge < -0.3 is 10.5 Å². The summed E-state index contributed by atoms with van der Waals surface area (Å²) in [5.41, 5.74) is 5.76. The van der Waals surface area contributed by atoms with Crippen LogP contribution in [0.25, 0.3) is 0 Å². The molecule has 0 aromatic carbocycles. The van der Waals surface area contributed by atoms with Gasteiger partial charge in [0, 0.05) is 12.0 Å². The third-order valence-corrected chi connectivity index (χ3v) is 2.23. The molecule has 0 amide bonds. The Labute approximate surface area is 69.2 Å². The zero-order chi connectivity index (χ0) is 8.91. The Morgan fingerprint density at radius 1 is 1.55 bits per heavy atom. The van der Waals surface area contributed by atoms with Crippen LogP contribution >= 0.6 is 0 Å². The molecule has 0 aliphatic carbocycles. The highest BCUT2D eigenvalue weighted by molar-refractivity contribution is 5.48. The highest BCUT2D eigenvalue weighted by Crippen LogP contribution is 2.18. The Kier molecular flexibility index (Phi) is 4.34. The fourth-order valence-electron chi connectivity index (χ4n) is 0.879. The molecule has 2 heteroatoms. The first-order chi connectivity index (χ1) is 4.98. The summed E-state index contributed by atoms with van der Waals surface area (Å²) in [7, 11) is 0. The summed E-state index contributed by atoms with van der Waals surface area (Å²) in [5, 5.41) is 0. The highest BCUT2D eigenvalue weighted by Gasteiger charge is 2.19. The van der Waals surface area contributed by atoms with Crippen molar-refractivity contribution in [2.75, 3.05) is 0 Å². The largest absolute Gasteiger partial charge is 0.325 e. The number of rotatable bonds is 5. The Morgan fingerprint density at radius 2 is 2.09 bits per heavy atom. The number of carbonyl (C=O) groups is 1. The van der Waals surface area contributed by atoms with Crippen LogP contribution in [0.5, 0.6) is 0 Å². The molecule has 0 saturated heterocycles. The zero-order valence-electron chi connectivity index (χ0n) is 7.76. The summed E-state index contributed by atoms with van der Waals surface area (Å²) < 4.78 is 0. The Balaban J connectivity index is 3.52. The van der Waals surface area contributed by atoms with Gasteiger partial charge >= 0.3 is 0 Å². The highest BCUT2D eigenvalue weighted by atomic mass is 16.1. The van der Waals surface area contributed by atoms with E-state index >= 15 is 0 Å². The summed E-state index contributed by atoms with van der Waals surface area (Å²) in [5.74, 6) is 0.488. The lowest BCUT2D eigenvalue weighted by atomic mass is 9.86. The van der Waals surface area contributed by atoms with E-state index in [-0.39, 0.29) is 5.54 Å². The van der Waals surface area contributed by atoms with Crippen LogP contribution in [0.2, 0.25) is 0 Å². The second kappa shape index (κ2) is 4.50. The predicted octanol–water partition coefficient (Wildman–Crippen LogP) is 1.73. The second-order valence-electron chi connectivity index (χ2n) is 3.82. The Hall–Kier alpha value is -0.370. The van der Waals surface area contributed by atoms with Crippen molar-refractivity contribution >= 4 is 6.29 Å². The number of nitrogens with two attached hydrogens (primary N) is 1. The van der Waals surface area contributed by atoms with Crippen molar-refractivity contribution in [1.29, 1.82) is 0 Å². The molecule has 11 heavy (non-hydrogen) atoms. The summed E-state index contributed by atoms with van der Waals surface area (Å²) in [6.07, 6.45) is 3.64. The lowest BCUT2D eigenvalue weighted by Crippen LogP contribution is -2.39. The van der Waals surface area contributed by atoms with Crippen LogP contribution in [0.15, 0.2) is 0 Å². The van der Waals surface area contributed by atoms with E-state index in [9.17, 15) is 4.79 Å². The van der Waals surface area contributed by atoms with Gasteiger partial charge in [0.15, 0.2) is 0 Å². The van der Waals surface area contributed by atoms with Gasteiger partial charge in [-0.3, -0.25) is 0 Å². The van der Waals surface area contributed by atoms with Gasteiger partial charge in [-0.25, -0.2) is 0 Å². The van der Waals surface area contributed by atoms with Gasteiger partial charge in [-0.15, -0.1) is 0 Å². The molecule has 1 unspecified atom stereocenters. The van der Waals surface area contributed by atoms with Crippen LogP contribution in [-0.4, -0.2) is 11.8 Å². The van der Waals surface area contributed by atoms with E-state index in [4.69, 9.17) is 5.73 Å². The molecule has 66 valence electrons. The van der Waals surface area contributed by atoms with E-state index in [0.29, 0.717) is 12.3 Å². The molecule has 0 heterocycles. The molecule has 0 bridgehead atoms. The first-order valence-electron chi connectivity index (χ1n) is 4.21. The van der Waals surface area contributed by atoms with Gasteiger partial charge in [0.05, 0.1) is 0 Å². The normalized spacial score (nSPS) is 14.5. The number of hydrogen-bond acceptors (Lipinski definition) is 2. The van der Waals surface area contributed by atoms with E-state index in [1.807, 2.05) is 13.8 Å². The van der Waals surface area contributed by atoms with Gasteiger partial charge in [0.25, 0.3) is 0 Å². The molecule has 0 spiro atoms. The molecular formula is C9H19NO. The smallest absolute Gasteiger partial charge is 0.119 e. The van der Waals surface area contributed by atoms with Crippen LogP contribution in [0, 0.1) is 5.92 Å².